The van der Waals surface area contributed by atoms with Crippen LogP contribution in [0.3, 0.4) is 0 Å². The zero-order valence-electron chi connectivity index (χ0n) is 12.8. The van der Waals surface area contributed by atoms with Gasteiger partial charge in [0, 0.05) is 12.5 Å². The predicted molar refractivity (Wildman–Crippen MR) is 78.7 cm³/mol. The van der Waals surface area contributed by atoms with Crippen LogP contribution in [0.15, 0.2) is 11.6 Å². The smallest absolute Gasteiger partial charge is 0.192 e. The van der Waals surface area contributed by atoms with Gasteiger partial charge in [-0.15, -0.1) is 0 Å². The van der Waals surface area contributed by atoms with Crippen LogP contribution in [-0.2, 0) is 14.0 Å². The summed E-state index contributed by atoms with van der Waals surface area (Å²) in [5.41, 5.74) is 1.28. The zero-order chi connectivity index (χ0) is 14.3. The van der Waals surface area contributed by atoms with Gasteiger partial charge in [-0.3, -0.25) is 4.79 Å². The number of rotatable bonds is 3. The largest absolute Gasteiger partial charge is 0.416 e. The highest BCUT2D eigenvalue weighted by molar-refractivity contribution is 6.74. The first-order valence-corrected chi connectivity index (χ1v) is 10.1. The number of ketones is 1. The third-order valence-electron chi connectivity index (χ3n) is 4.92. The van der Waals surface area contributed by atoms with Gasteiger partial charge in [0.2, 0.25) is 0 Å². The molecule has 1 heterocycles. The molecule has 0 radical (unpaired) electrons. The summed E-state index contributed by atoms with van der Waals surface area (Å²) >= 11 is 0. The maximum Gasteiger partial charge on any atom is 0.192 e. The van der Waals surface area contributed by atoms with Gasteiger partial charge in [0.05, 0.1) is 19.1 Å². The van der Waals surface area contributed by atoms with Crippen LogP contribution in [0.25, 0.3) is 0 Å². The molecular weight excluding hydrogens is 256 g/mol. The lowest BCUT2D eigenvalue weighted by Gasteiger charge is -2.37. The van der Waals surface area contributed by atoms with Crippen molar-refractivity contribution < 1.29 is 14.0 Å². The third kappa shape index (κ3) is 3.01. The topological polar surface area (TPSA) is 35.5 Å². The van der Waals surface area contributed by atoms with Crippen LogP contribution in [0.1, 0.15) is 27.2 Å². The number of hydrogen-bond donors (Lipinski definition) is 0. The van der Waals surface area contributed by atoms with Gasteiger partial charge in [-0.05, 0) is 30.6 Å². The lowest BCUT2D eigenvalue weighted by Crippen LogP contribution is -2.43. The number of allylic oxidation sites excluding steroid dienone is 1. The summed E-state index contributed by atoms with van der Waals surface area (Å²) in [5, 5.41) is 0.188. The minimum absolute atomic E-state index is 0.00979. The van der Waals surface area contributed by atoms with Crippen molar-refractivity contribution in [2.75, 3.05) is 19.8 Å². The minimum Gasteiger partial charge on any atom is -0.416 e. The van der Waals surface area contributed by atoms with Crippen molar-refractivity contribution in [1.82, 2.24) is 0 Å². The van der Waals surface area contributed by atoms with Crippen molar-refractivity contribution >= 4 is 14.1 Å². The average molecular weight is 282 g/mol. The Balaban J connectivity index is 1.99. The molecule has 0 aromatic heterocycles. The molecular formula is C15H26O3Si. The van der Waals surface area contributed by atoms with E-state index in [0.717, 1.165) is 13.0 Å². The van der Waals surface area contributed by atoms with Crippen LogP contribution in [0.4, 0.5) is 0 Å². The first-order chi connectivity index (χ1) is 8.72. The predicted octanol–water partition coefficient (Wildman–Crippen LogP) is 3.17. The first kappa shape index (κ1) is 14.9. The molecule has 1 fully saturated rings. The second-order valence-corrected chi connectivity index (χ2v) is 12.0. The van der Waals surface area contributed by atoms with Gasteiger partial charge in [0.25, 0.3) is 0 Å². The van der Waals surface area contributed by atoms with E-state index in [4.69, 9.17) is 9.16 Å². The lowest BCUT2D eigenvalue weighted by atomic mass is 9.89. The van der Waals surface area contributed by atoms with Gasteiger partial charge in [-0.2, -0.15) is 0 Å². The molecule has 3 nitrogen and oxygen atoms in total. The van der Waals surface area contributed by atoms with Crippen LogP contribution in [0, 0.1) is 11.8 Å². The maximum atomic E-state index is 12.1. The molecule has 2 atom stereocenters. The Bertz CT molecular complexity index is 393. The highest BCUT2D eigenvalue weighted by atomic mass is 28.4. The normalized spacial score (nSPS) is 28.3. The monoisotopic (exact) mass is 282 g/mol. The fraction of sp³-hybridized carbons (Fsp3) is 0.800. The highest BCUT2D eigenvalue weighted by Crippen LogP contribution is 2.39. The Hall–Kier alpha value is -0.453. The van der Waals surface area contributed by atoms with Crippen LogP contribution < -0.4 is 0 Å². The zero-order valence-corrected chi connectivity index (χ0v) is 13.8. The molecule has 1 aliphatic heterocycles. The molecule has 1 saturated heterocycles. The van der Waals surface area contributed by atoms with E-state index in [2.05, 4.69) is 33.9 Å². The van der Waals surface area contributed by atoms with Gasteiger partial charge in [-0.1, -0.05) is 26.3 Å². The van der Waals surface area contributed by atoms with Crippen molar-refractivity contribution in [3.05, 3.63) is 11.6 Å². The van der Waals surface area contributed by atoms with E-state index in [1.165, 1.54) is 5.57 Å². The molecule has 0 saturated carbocycles. The van der Waals surface area contributed by atoms with E-state index >= 15 is 0 Å². The van der Waals surface area contributed by atoms with E-state index in [-0.39, 0.29) is 22.7 Å². The van der Waals surface area contributed by atoms with Crippen molar-refractivity contribution in [2.24, 2.45) is 11.8 Å². The Labute approximate surface area is 117 Å². The minimum atomic E-state index is -1.77. The number of ether oxygens (including phenoxy) is 1. The Kier molecular flexibility index (Phi) is 4.05. The summed E-state index contributed by atoms with van der Waals surface area (Å²) in [6.07, 6.45) is 2.75. The summed E-state index contributed by atoms with van der Waals surface area (Å²) in [6.45, 7) is 13.1. The highest BCUT2D eigenvalue weighted by Gasteiger charge is 2.42. The van der Waals surface area contributed by atoms with Crippen molar-refractivity contribution in [2.45, 2.75) is 45.3 Å². The van der Waals surface area contributed by atoms with Crippen LogP contribution in [-0.4, -0.2) is 33.9 Å². The summed E-state index contributed by atoms with van der Waals surface area (Å²) in [6, 6.07) is 0. The summed E-state index contributed by atoms with van der Waals surface area (Å²) in [7, 11) is -1.77. The molecule has 0 bridgehead atoms. The van der Waals surface area contributed by atoms with Gasteiger partial charge >= 0.3 is 0 Å². The van der Waals surface area contributed by atoms with E-state index in [9.17, 15) is 4.79 Å². The molecule has 2 rings (SSSR count). The first-order valence-electron chi connectivity index (χ1n) is 7.18. The third-order valence-corrected chi connectivity index (χ3v) is 9.42. The maximum absolute atomic E-state index is 12.1. The summed E-state index contributed by atoms with van der Waals surface area (Å²) < 4.78 is 11.8. The lowest BCUT2D eigenvalue weighted by molar-refractivity contribution is -0.120. The average Bonchev–Trinajstić information content (AvgIpc) is 2.60. The molecule has 1 aliphatic carbocycles. The number of carbonyl (C=O) groups excluding carboxylic acids is 1. The fourth-order valence-electron chi connectivity index (χ4n) is 2.45. The van der Waals surface area contributed by atoms with Crippen molar-refractivity contribution in [3.63, 3.8) is 0 Å². The van der Waals surface area contributed by atoms with E-state index in [1.54, 1.807) is 0 Å². The van der Waals surface area contributed by atoms with Crippen LogP contribution >= 0.6 is 0 Å². The van der Waals surface area contributed by atoms with Gasteiger partial charge in [-0.25, -0.2) is 0 Å². The standard InChI is InChI=1S/C15H26O3Si/c1-15(2,3)19(4,5)18-10-13-12-9-17-7-6-11(12)8-14(13)16/h8,12-13H,6-7,9-10H2,1-5H3/t12-,13+/m1/s1. The molecule has 0 aromatic rings. The van der Waals surface area contributed by atoms with E-state index in [1.807, 2.05) is 6.08 Å². The molecule has 108 valence electrons. The number of hydrogen-bond acceptors (Lipinski definition) is 3. The van der Waals surface area contributed by atoms with E-state index in [0.29, 0.717) is 13.2 Å². The fourth-order valence-corrected chi connectivity index (χ4v) is 3.48. The van der Waals surface area contributed by atoms with Crippen molar-refractivity contribution in [1.29, 1.82) is 0 Å². The Morgan fingerprint density at radius 2 is 2.11 bits per heavy atom. The quantitative estimate of drug-likeness (QED) is 0.746. The van der Waals surface area contributed by atoms with Gasteiger partial charge in [0.15, 0.2) is 14.1 Å². The number of fused-ring (bicyclic) bond motifs is 1. The molecule has 0 unspecified atom stereocenters. The van der Waals surface area contributed by atoms with Crippen LogP contribution in [0.5, 0.6) is 0 Å². The molecule has 0 spiro atoms. The van der Waals surface area contributed by atoms with Crippen LogP contribution in [0.2, 0.25) is 18.1 Å². The van der Waals surface area contributed by atoms with Crippen molar-refractivity contribution in [3.8, 4) is 0 Å². The van der Waals surface area contributed by atoms with E-state index < -0.39 is 8.32 Å². The molecule has 19 heavy (non-hydrogen) atoms. The SMILES string of the molecule is CC(C)(C)[Si](C)(C)OC[C@@H]1C(=O)C=C2CCOC[C@H]21. The molecule has 0 N–H and O–H groups in total. The van der Waals surface area contributed by atoms with Gasteiger partial charge < -0.3 is 9.16 Å². The summed E-state index contributed by atoms with van der Waals surface area (Å²) in [4.78, 5) is 12.1. The second-order valence-electron chi connectivity index (χ2n) is 7.23. The Morgan fingerprint density at radius 3 is 2.74 bits per heavy atom. The molecule has 0 amide bonds. The number of carbonyl (C=O) groups is 1. The van der Waals surface area contributed by atoms with Gasteiger partial charge in [0.1, 0.15) is 0 Å². The molecule has 4 heteroatoms. The molecule has 0 aromatic carbocycles. The Morgan fingerprint density at radius 1 is 1.42 bits per heavy atom. The second kappa shape index (κ2) is 5.15. The summed E-state index contributed by atoms with van der Waals surface area (Å²) in [5.74, 6) is 0.500. The molecule has 2 aliphatic rings.